The van der Waals surface area contributed by atoms with Gasteiger partial charge in [-0.15, -0.1) is 0 Å². The normalized spacial score (nSPS) is 23.1. The molecule has 0 aliphatic heterocycles. The maximum Gasteiger partial charge on any atom is 0.254 e. The molecular weight excluding hydrogens is 314 g/mol. The van der Waals surface area contributed by atoms with Crippen LogP contribution >= 0.6 is 0 Å². The van der Waals surface area contributed by atoms with Crippen LogP contribution in [-0.4, -0.2) is 23.7 Å². The van der Waals surface area contributed by atoms with Crippen LogP contribution in [0, 0.1) is 5.92 Å². The van der Waals surface area contributed by atoms with Gasteiger partial charge in [-0.3, -0.25) is 4.79 Å². The standard InChI is InChI=1S/C21H23NO3/c23-19-17-9-5-4-8-16(17)12-18(19)22-21(24)20(25-13-14-10-11-14)15-6-2-1-3-7-15/h1-9,14,18-20,23H,10-13H2,(H,22,24). The molecule has 0 saturated heterocycles. The highest BCUT2D eigenvalue weighted by Crippen LogP contribution is 2.33. The summed E-state index contributed by atoms with van der Waals surface area (Å²) < 4.78 is 5.94. The topological polar surface area (TPSA) is 58.6 Å². The van der Waals surface area contributed by atoms with Crippen molar-refractivity contribution in [2.45, 2.75) is 37.5 Å². The molecule has 4 rings (SSSR count). The average molecular weight is 337 g/mol. The monoisotopic (exact) mass is 337 g/mol. The van der Waals surface area contributed by atoms with Crippen molar-refractivity contribution in [1.82, 2.24) is 5.32 Å². The molecule has 130 valence electrons. The number of fused-ring (bicyclic) bond motifs is 1. The van der Waals surface area contributed by atoms with E-state index in [-0.39, 0.29) is 11.9 Å². The van der Waals surface area contributed by atoms with Crippen molar-refractivity contribution < 1.29 is 14.6 Å². The third-order valence-corrected chi connectivity index (χ3v) is 5.06. The maximum atomic E-state index is 12.9. The first kappa shape index (κ1) is 16.3. The lowest BCUT2D eigenvalue weighted by atomic mass is 10.1. The molecule has 1 fully saturated rings. The van der Waals surface area contributed by atoms with Gasteiger partial charge in [0.25, 0.3) is 5.91 Å². The molecule has 0 spiro atoms. The van der Waals surface area contributed by atoms with Crippen LogP contribution in [0.5, 0.6) is 0 Å². The second-order valence-corrected chi connectivity index (χ2v) is 7.03. The van der Waals surface area contributed by atoms with Crippen molar-refractivity contribution in [3.63, 3.8) is 0 Å². The summed E-state index contributed by atoms with van der Waals surface area (Å²) in [4.78, 5) is 12.9. The van der Waals surface area contributed by atoms with Gasteiger partial charge in [-0.05, 0) is 41.9 Å². The second kappa shape index (κ2) is 6.98. The molecule has 2 aliphatic rings. The predicted molar refractivity (Wildman–Crippen MR) is 94.9 cm³/mol. The van der Waals surface area contributed by atoms with Gasteiger partial charge in [-0.25, -0.2) is 0 Å². The Morgan fingerprint density at radius 3 is 2.56 bits per heavy atom. The van der Waals surface area contributed by atoms with Crippen LogP contribution < -0.4 is 5.32 Å². The number of carbonyl (C=O) groups excluding carboxylic acids is 1. The number of amides is 1. The van der Waals surface area contributed by atoms with Crippen molar-refractivity contribution in [1.29, 1.82) is 0 Å². The van der Waals surface area contributed by atoms with Crippen LogP contribution in [0.4, 0.5) is 0 Å². The zero-order valence-corrected chi connectivity index (χ0v) is 14.1. The Morgan fingerprint density at radius 1 is 1.12 bits per heavy atom. The summed E-state index contributed by atoms with van der Waals surface area (Å²) in [7, 11) is 0. The molecule has 3 atom stereocenters. The average Bonchev–Trinajstić information content (AvgIpc) is 3.41. The van der Waals surface area contributed by atoms with E-state index in [0.29, 0.717) is 18.9 Å². The van der Waals surface area contributed by atoms with Gasteiger partial charge < -0.3 is 15.2 Å². The van der Waals surface area contributed by atoms with Crippen molar-refractivity contribution in [3.8, 4) is 0 Å². The van der Waals surface area contributed by atoms with E-state index in [0.717, 1.165) is 16.7 Å². The number of hydrogen-bond acceptors (Lipinski definition) is 3. The molecule has 3 unspecified atom stereocenters. The van der Waals surface area contributed by atoms with Crippen LogP contribution in [0.2, 0.25) is 0 Å². The van der Waals surface area contributed by atoms with Crippen molar-refractivity contribution >= 4 is 5.91 Å². The third kappa shape index (κ3) is 3.60. The Hall–Kier alpha value is -2.17. The minimum Gasteiger partial charge on any atom is -0.386 e. The Labute approximate surface area is 147 Å². The van der Waals surface area contributed by atoms with Gasteiger partial charge in [0.1, 0.15) is 0 Å². The molecule has 0 bridgehead atoms. The van der Waals surface area contributed by atoms with Crippen molar-refractivity contribution in [3.05, 3.63) is 71.3 Å². The van der Waals surface area contributed by atoms with Gasteiger partial charge in [0.05, 0.1) is 18.8 Å². The number of ether oxygens (including phenoxy) is 1. The fourth-order valence-corrected chi connectivity index (χ4v) is 3.43. The summed E-state index contributed by atoms with van der Waals surface area (Å²) in [6.07, 6.45) is 1.71. The van der Waals surface area contributed by atoms with Crippen molar-refractivity contribution in [2.75, 3.05) is 6.61 Å². The highest BCUT2D eigenvalue weighted by Gasteiger charge is 2.34. The molecule has 0 heterocycles. The Balaban J connectivity index is 1.47. The van der Waals surface area contributed by atoms with Crippen LogP contribution in [0.15, 0.2) is 54.6 Å². The first-order chi connectivity index (χ1) is 12.2. The highest BCUT2D eigenvalue weighted by molar-refractivity contribution is 5.82. The summed E-state index contributed by atoms with van der Waals surface area (Å²) in [5.74, 6) is 0.407. The van der Waals surface area contributed by atoms with E-state index < -0.39 is 12.2 Å². The largest absolute Gasteiger partial charge is 0.386 e. The Morgan fingerprint density at radius 2 is 1.84 bits per heavy atom. The summed E-state index contributed by atoms with van der Waals surface area (Å²) >= 11 is 0. The summed E-state index contributed by atoms with van der Waals surface area (Å²) in [6.45, 7) is 0.612. The van der Waals surface area contributed by atoms with E-state index >= 15 is 0 Å². The lowest BCUT2D eigenvalue weighted by molar-refractivity contribution is -0.135. The molecule has 4 nitrogen and oxygen atoms in total. The zero-order chi connectivity index (χ0) is 17.2. The SMILES string of the molecule is O=C(NC1Cc2ccccc2C1O)C(OCC1CC1)c1ccccc1. The number of benzene rings is 2. The number of aliphatic hydroxyl groups excluding tert-OH is 1. The second-order valence-electron chi connectivity index (χ2n) is 7.03. The Bertz CT molecular complexity index is 742. The quantitative estimate of drug-likeness (QED) is 0.852. The Kier molecular flexibility index (Phi) is 4.55. The summed E-state index contributed by atoms with van der Waals surface area (Å²) in [6, 6.07) is 17.1. The van der Waals surface area contributed by atoms with Gasteiger partial charge >= 0.3 is 0 Å². The van der Waals surface area contributed by atoms with E-state index in [1.54, 1.807) is 0 Å². The molecule has 1 amide bonds. The number of carbonyl (C=O) groups is 1. The van der Waals surface area contributed by atoms with Crippen LogP contribution in [0.25, 0.3) is 0 Å². The fourth-order valence-electron chi connectivity index (χ4n) is 3.43. The van der Waals surface area contributed by atoms with Crippen LogP contribution in [0.3, 0.4) is 0 Å². The molecule has 4 heteroatoms. The maximum absolute atomic E-state index is 12.9. The van der Waals surface area contributed by atoms with E-state index in [4.69, 9.17) is 4.74 Å². The smallest absolute Gasteiger partial charge is 0.254 e. The van der Waals surface area contributed by atoms with E-state index in [2.05, 4.69) is 5.32 Å². The predicted octanol–water partition coefficient (Wildman–Crippen LogP) is 2.93. The zero-order valence-electron chi connectivity index (χ0n) is 14.1. The molecule has 0 aromatic heterocycles. The number of hydrogen-bond donors (Lipinski definition) is 2. The van der Waals surface area contributed by atoms with Crippen LogP contribution in [-0.2, 0) is 16.0 Å². The first-order valence-electron chi connectivity index (χ1n) is 8.95. The third-order valence-electron chi connectivity index (χ3n) is 5.06. The molecule has 2 aliphatic carbocycles. The van der Waals surface area contributed by atoms with E-state index in [1.807, 2.05) is 54.6 Å². The van der Waals surface area contributed by atoms with Gasteiger partial charge in [0, 0.05) is 0 Å². The molecule has 2 aromatic carbocycles. The molecule has 2 aromatic rings. The molecule has 1 saturated carbocycles. The summed E-state index contributed by atoms with van der Waals surface area (Å²) in [5.41, 5.74) is 2.85. The lowest BCUT2D eigenvalue weighted by Crippen LogP contribution is -2.41. The van der Waals surface area contributed by atoms with Crippen LogP contribution in [0.1, 0.15) is 41.7 Å². The number of aliphatic hydroxyl groups is 1. The van der Waals surface area contributed by atoms with Gasteiger partial charge in [0.2, 0.25) is 0 Å². The molecule has 2 N–H and O–H groups in total. The first-order valence-corrected chi connectivity index (χ1v) is 8.95. The lowest BCUT2D eigenvalue weighted by Gasteiger charge is -2.22. The molecular formula is C21H23NO3. The number of rotatable bonds is 6. The van der Waals surface area contributed by atoms with Gasteiger partial charge in [-0.2, -0.15) is 0 Å². The van der Waals surface area contributed by atoms with E-state index in [9.17, 15) is 9.90 Å². The van der Waals surface area contributed by atoms with Crippen molar-refractivity contribution in [2.24, 2.45) is 5.92 Å². The fraction of sp³-hybridized carbons (Fsp3) is 0.381. The summed E-state index contributed by atoms with van der Waals surface area (Å²) in [5, 5.41) is 13.5. The molecule has 25 heavy (non-hydrogen) atoms. The molecule has 0 radical (unpaired) electrons. The minimum absolute atomic E-state index is 0.177. The highest BCUT2D eigenvalue weighted by atomic mass is 16.5. The van der Waals surface area contributed by atoms with Gasteiger partial charge in [0.15, 0.2) is 6.10 Å². The van der Waals surface area contributed by atoms with Gasteiger partial charge in [-0.1, -0.05) is 54.6 Å². The minimum atomic E-state index is -0.667. The van der Waals surface area contributed by atoms with E-state index in [1.165, 1.54) is 12.8 Å². The number of nitrogens with one attached hydrogen (secondary N) is 1.